The molecule has 3 aliphatic carbocycles. The fraction of sp³-hybridized carbons (Fsp3) is 0.148. The molecule has 0 saturated carbocycles. The van der Waals surface area contributed by atoms with Gasteiger partial charge in [0, 0.05) is 48.6 Å². The maximum absolute atomic E-state index is 2.51. The Balaban J connectivity index is 1.07. The molecule has 2 atom stereocenters. The van der Waals surface area contributed by atoms with Gasteiger partial charge in [0.15, 0.2) is 0 Å². The zero-order chi connectivity index (χ0) is 42.5. The van der Waals surface area contributed by atoms with E-state index in [4.69, 9.17) is 0 Å². The highest BCUT2D eigenvalue weighted by Gasteiger charge is 2.41. The molecule has 0 amide bonds. The maximum atomic E-state index is 2.51. The minimum absolute atomic E-state index is 0.117. The third kappa shape index (κ3) is 5.60. The van der Waals surface area contributed by atoms with E-state index in [9.17, 15) is 0 Å². The zero-order valence-corrected chi connectivity index (χ0v) is 37.1. The van der Waals surface area contributed by atoms with Crippen LogP contribution in [0.2, 0.25) is 0 Å². The second-order valence-corrected chi connectivity index (χ2v) is 19.5. The van der Waals surface area contributed by atoms with Gasteiger partial charge in [-0.2, -0.15) is 0 Å². The number of anilines is 3. The first-order valence-electron chi connectivity index (χ1n) is 22.6. The van der Waals surface area contributed by atoms with E-state index in [0.717, 1.165) is 12.1 Å². The molecule has 63 heavy (non-hydrogen) atoms. The molecule has 0 N–H and O–H groups in total. The van der Waals surface area contributed by atoms with Crippen molar-refractivity contribution in [3.05, 3.63) is 250 Å². The molecule has 2 heteroatoms. The molecule has 1 heterocycles. The molecule has 8 aromatic carbocycles. The zero-order valence-electron chi connectivity index (χ0n) is 36.3. The maximum Gasteiger partial charge on any atom is 0.0715 e. The summed E-state index contributed by atoms with van der Waals surface area (Å²) in [5.41, 5.74) is 19.1. The van der Waals surface area contributed by atoms with Crippen molar-refractivity contribution in [2.75, 3.05) is 4.90 Å². The Morgan fingerprint density at radius 2 is 1.14 bits per heavy atom. The predicted molar refractivity (Wildman–Crippen MR) is 268 cm³/mol. The molecular formula is C61H49NS. The Hall–Kier alpha value is -6.74. The molecule has 1 aromatic heterocycles. The van der Waals surface area contributed by atoms with Gasteiger partial charge in [0.1, 0.15) is 0 Å². The fourth-order valence-electron chi connectivity index (χ4n) is 11.8. The van der Waals surface area contributed by atoms with Crippen LogP contribution >= 0.6 is 11.3 Å². The summed E-state index contributed by atoms with van der Waals surface area (Å²) in [4.78, 5) is 2.51. The summed E-state index contributed by atoms with van der Waals surface area (Å²) >= 11 is 1.91. The van der Waals surface area contributed by atoms with Crippen LogP contribution < -0.4 is 4.90 Å². The van der Waals surface area contributed by atoms with E-state index < -0.39 is 5.41 Å². The minimum atomic E-state index is -0.590. The average Bonchev–Trinajstić information content (AvgIpc) is 3.93. The third-order valence-corrected chi connectivity index (χ3v) is 16.0. The van der Waals surface area contributed by atoms with Gasteiger partial charge in [-0.15, -0.1) is 11.3 Å². The monoisotopic (exact) mass is 827 g/mol. The van der Waals surface area contributed by atoms with E-state index in [0.29, 0.717) is 11.8 Å². The van der Waals surface area contributed by atoms with Gasteiger partial charge in [-0.25, -0.2) is 0 Å². The molecule has 12 rings (SSSR count). The van der Waals surface area contributed by atoms with Crippen molar-refractivity contribution in [3.8, 4) is 11.1 Å². The van der Waals surface area contributed by atoms with Gasteiger partial charge < -0.3 is 4.90 Å². The highest BCUT2D eigenvalue weighted by atomic mass is 32.1. The topological polar surface area (TPSA) is 3.24 Å². The Morgan fingerprint density at radius 3 is 1.90 bits per heavy atom. The molecular weight excluding hydrogens is 779 g/mol. The van der Waals surface area contributed by atoms with Gasteiger partial charge in [0.2, 0.25) is 0 Å². The number of hydrogen-bond donors (Lipinski definition) is 0. The Bertz CT molecular complexity index is 3270. The standard InChI is InChI=1S/C61H49NS/c1-39-17-15-24-51-47-35-33-45(37-53(47)40(2)58(39)51)62(46-34-36-49-48-22-11-13-26-54(48)60(3,4)56(49)38-46)44-31-29-43(30-32-44)61(41-18-7-5-8-19-41,42-20-9-6-10-21-42)55-27-16-25-52-50-23-12-14-28-57(50)63-59(52)55/h5-16,18-40H,17H2,1-4H3. The SMILES string of the molecule is CC1CC=CC2=C1C(C)c1cc(N(c3ccc(C(c4ccccc4)(c4ccccc4)c4cccc5c4sc4ccccc45)cc3)c3ccc4c(c3)C(C)(C)c3ccccc3-4)ccc12. The van der Waals surface area contributed by atoms with Crippen molar-refractivity contribution < 1.29 is 0 Å². The largest absolute Gasteiger partial charge is 0.310 e. The van der Waals surface area contributed by atoms with Crippen LogP contribution in [0.25, 0.3) is 36.9 Å². The van der Waals surface area contributed by atoms with Crippen LogP contribution in [0.5, 0.6) is 0 Å². The van der Waals surface area contributed by atoms with Crippen LogP contribution in [0.4, 0.5) is 17.1 Å². The first-order valence-corrected chi connectivity index (χ1v) is 23.4. The second-order valence-electron chi connectivity index (χ2n) is 18.4. The molecule has 0 radical (unpaired) electrons. The predicted octanol–water partition coefficient (Wildman–Crippen LogP) is 16.7. The second kappa shape index (κ2) is 14.4. The summed E-state index contributed by atoms with van der Waals surface area (Å²) in [7, 11) is 0. The molecule has 3 aliphatic rings. The Labute approximate surface area is 375 Å². The number of rotatable bonds is 7. The van der Waals surface area contributed by atoms with Crippen molar-refractivity contribution in [3.63, 3.8) is 0 Å². The molecule has 9 aromatic rings. The Kier molecular flexibility index (Phi) is 8.69. The van der Waals surface area contributed by atoms with Crippen molar-refractivity contribution in [1.82, 2.24) is 0 Å². The number of hydrogen-bond acceptors (Lipinski definition) is 2. The summed E-state index contributed by atoms with van der Waals surface area (Å²) in [6.07, 6.45) is 5.85. The molecule has 1 nitrogen and oxygen atoms in total. The van der Waals surface area contributed by atoms with Crippen molar-refractivity contribution in [2.45, 2.75) is 50.9 Å². The van der Waals surface area contributed by atoms with E-state index in [1.807, 2.05) is 11.3 Å². The first-order chi connectivity index (χ1) is 30.8. The van der Waals surface area contributed by atoms with E-state index >= 15 is 0 Å². The number of benzene rings is 8. The minimum Gasteiger partial charge on any atom is -0.310 e. The molecule has 0 fully saturated rings. The van der Waals surface area contributed by atoms with E-state index in [1.165, 1.54) is 92.8 Å². The molecule has 2 unspecified atom stereocenters. The molecule has 0 bridgehead atoms. The van der Waals surface area contributed by atoms with Gasteiger partial charge in [0.25, 0.3) is 0 Å². The normalized spacial score (nSPS) is 17.1. The van der Waals surface area contributed by atoms with Gasteiger partial charge >= 0.3 is 0 Å². The van der Waals surface area contributed by atoms with E-state index in [-0.39, 0.29) is 5.41 Å². The van der Waals surface area contributed by atoms with Gasteiger partial charge in [-0.1, -0.05) is 191 Å². The lowest BCUT2D eigenvalue weighted by Gasteiger charge is -2.37. The van der Waals surface area contributed by atoms with Crippen LogP contribution in [-0.4, -0.2) is 0 Å². The summed E-state index contributed by atoms with van der Waals surface area (Å²) in [6.45, 7) is 9.57. The van der Waals surface area contributed by atoms with Crippen LogP contribution in [0.3, 0.4) is 0 Å². The quantitative estimate of drug-likeness (QED) is 0.145. The lowest BCUT2D eigenvalue weighted by Crippen LogP contribution is -2.31. The molecule has 0 spiro atoms. The number of allylic oxidation sites excluding steroid dienone is 4. The highest BCUT2D eigenvalue weighted by Crippen LogP contribution is 2.54. The number of nitrogens with zero attached hydrogens (tertiary/aromatic N) is 1. The van der Waals surface area contributed by atoms with E-state index in [1.54, 1.807) is 5.57 Å². The molecule has 0 saturated heterocycles. The van der Waals surface area contributed by atoms with Crippen molar-refractivity contribution in [1.29, 1.82) is 0 Å². The summed E-state index contributed by atoms with van der Waals surface area (Å²) in [5, 5.41) is 2.62. The molecule has 304 valence electrons. The van der Waals surface area contributed by atoms with Gasteiger partial charge in [0.05, 0.1) is 5.41 Å². The van der Waals surface area contributed by atoms with Crippen LogP contribution in [0.1, 0.15) is 84.5 Å². The summed E-state index contributed by atoms with van der Waals surface area (Å²) in [5.74, 6) is 0.925. The Morgan fingerprint density at radius 1 is 0.540 bits per heavy atom. The van der Waals surface area contributed by atoms with Gasteiger partial charge in [-0.3, -0.25) is 0 Å². The summed E-state index contributed by atoms with van der Waals surface area (Å²) < 4.78 is 2.64. The highest BCUT2D eigenvalue weighted by molar-refractivity contribution is 7.26. The molecule has 0 aliphatic heterocycles. The van der Waals surface area contributed by atoms with Crippen molar-refractivity contribution >= 4 is 54.1 Å². The first kappa shape index (κ1) is 38.0. The summed E-state index contributed by atoms with van der Waals surface area (Å²) in [6, 6.07) is 71.0. The van der Waals surface area contributed by atoms with Gasteiger partial charge in [-0.05, 0) is 116 Å². The van der Waals surface area contributed by atoms with Crippen molar-refractivity contribution in [2.24, 2.45) is 5.92 Å². The lowest BCUT2D eigenvalue weighted by molar-refractivity contribution is 0.639. The smallest absolute Gasteiger partial charge is 0.0715 e. The van der Waals surface area contributed by atoms with Crippen LogP contribution in [-0.2, 0) is 10.8 Å². The fourth-order valence-corrected chi connectivity index (χ4v) is 13.0. The number of thiophene rings is 1. The van der Waals surface area contributed by atoms with Crippen LogP contribution in [0, 0.1) is 5.92 Å². The van der Waals surface area contributed by atoms with Crippen LogP contribution in [0.15, 0.2) is 206 Å². The average molecular weight is 828 g/mol. The van der Waals surface area contributed by atoms with E-state index in [2.05, 4.69) is 233 Å². The number of fused-ring (bicyclic) bond motifs is 8. The third-order valence-electron chi connectivity index (χ3n) is 14.7. The lowest BCUT2D eigenvalue weighted by atomic mass is 9.65.